The number of nitrogens with zero attached hydrogens (tertiary/aromatic N) is 1. The number of methoxy groups -OCH3 is 1. The van der Waals surface area contributed by atoms with Crippen LogP contribution in [0, 0.1) is 5.92 Å². The van der Waals surface area contributed by atoms with Gasteiger partial charge in [0.05, 0.1) is 17.3 Å². The summed E-state index contributed by atoms with van der Waals surface area (Å²) in [7, 11) is 1.55. The molecule has 1 atom stereocenters. The molecule has 0 saturated heterocycles. The summed E-state index contributed by atoms with van der Waals surface area (Å²) < 4.78 is 5.93. The Morgan fingerprint density at radius 2 is 1.74 bits per heavy atom. The lowest BCUT2D eigenvalue weighted by Gasteiger charge is -2.21. The molecule has 2 aromatic carbocycles. The van der Waals surface area contributed by atoms with Gasteiger partial charge in [0.1, 0.15) is 11.8 Å². The molecule has 1 unspecified atom stereocenters. The van der Waals surface area contributed by atoms with E-state index in [0.29, 0.717) is 27.6 Å². The van der Waals surface area contributed by atoms with Crippen molar-refractivity contribution in [3.8, 4) is 5.75 Å². The second-order valence-corrected chi connectivity index (χ2v) is 8.33. The van der Waals surface area contributed by atoms with Crippen LogP contribution in [0.2, 0.25) is 0 Å². The number of carbonyl (C=O) groups excluding carboxylic acids is 3. The third-order valence-corrected chi connectivity index (χ3v) is 5.46. The Bertz CT molecular complexity index is 1110. The molecule has 0 fully saturated rings. The second-order valence-electron chi connectivity index (χ2n) is 7.30. The average Bonchev–Trinajstić information content (AvgIpc) is 3.12. The van der Waals surface area contributed by atoms with E-state index in [1.165, 1.54) is 18.3 Å². The molecule has 1 aromatic heterocycles. The van der Waals surface area contributed by atoms with Crippen LogP contribution < -0.4 is 20.7 Å². The molecular weight excluding hydrogens is 416 g/mol. The van der Waals surface area contributed by atoms with Crippen LogP contribution in [0.3, 0.4) is 0 Å². The molecule has 9 heteroatoms. The molecule has 0 saturated carbocycles. The zero-order valence-electron chi connectivity index (χ0n) is 17.7. The quantitative estimate of drug-likeness (QED) is 0.519. The average molecular weight is 441 g/mol. The van der Waals surface area contributed by atoms with Gasteiger partial charge in [-0.05, 0) is 48.4 Å². The number of hydrogen-bond acceptors (Lipinski definition) is 6. The Kier molecular flexibility index (Phi) is 6.86. The number of amides is 3. The van der Waals surface area contributed by atoms with Crippen molar-refractivity contribution in [2.24, 2.45) is 5.92 Å². The number of fused-ring (bicyclic) bond motifs is 1. The van der Waals surface area contributed by atoms with Gasteiger partial charge in [-0.25, -0.2) is 4.98 Å². The lowest BCUT2D eigenvalue weighted by atomic mass is 10.0. The fourth-order valence-corrected chi connectivity index (χ4v) is 3.85. The van der Waals surface area contributed by atoms with Gasteiger partial charge in [-0.3, -0.25) is 14.4 Å². The topological polar surface area (TPSA) is 109 Å². The van der Waals surface area contributed by atoms with Gasteiger partial charge < -0.3 is 20.7 Å². The highest BCUT2D eigenvalue weighted by atomic mass is 32.1. The van der Waals surface area contributed by atoms with Crippen LogP contribution in [0.5, 0.6) is 5.75 Å². The molecule has 0 aliphatic carbocycles. The molecule has 3 amide bonds. The van der Waals surface area contributed by atoms with Crippen LogP contribution in [0.25, 0.3) is 10.2 Å². The molecule has 3 N–H and O–H groups in total. The summed E-state index contributed by atoms with van der Waals surface area (Å²) in [5.74, 6) is -0.348. The van der Waals surface area contributed by atoms with E-state index >= 15 is 0 Å². The summed E-state index contributed by atoms with van der Waals surface area (Å²) in [4.78, 5) is 41.1. The van der Waals surface area contributed by atoms with Crippen LogP contribution in [-0.2, 0) is 9.59 Å². The van der Waals surface area contributed by atoms with E-state index in [9.17, 15) is 14.4 Å². The zero-order valence-corrected chi connectivity index (χ0v) is 18.5. The van der Waals surface area contributed by atoms with E-state index in [-0.39, 0.29) is 23.6 Å². The van der Waals surface area contributed by atoms with E-state index in [2.05, 4.69) is 20.9 Å². The van der Waals surface area contributed by atoms with Crippen molar-refractivity contribution < 1.29 is 19.1 Å². The highest BCUT2D eigenvalue weighted by Crippen LogP contribution is 2.28. The lowest BCUT2D eigenvalue weighted by molar-refractivity contribution is -0.119. The minimum atomic E-state index is -0.739. The van der Waals surface area contributed by atoms with Gasteiger partial charge in [-0.2, -0.15) is 0 Å². The van der Waals surface area contributed by atoms with Crippen molar-refractivity contribution in [2.45, 2.75) is 26.8 Å². The first-order chi connectivity index (χ1) is 14.8. The molecule has 162 valence electrons. The number of nitrogens with one attached hydrogen (secondary N) is 3. The predicted octanol–water partition coefficient (Wildman–Crippen LogP) is 3.66. The van der Waals surface area contributed by atoms with Gasteiger partial charge >= 0.3 is 0 Å². The summed E-state index contributed by atoms with van der Waals surface area (Å²) in [5, 5.41) is 8.73. The van der Waals surface area contributed by atoms with Crippen LogP contribution >= 0.6 is 11.3 Å². The number of ether oxygens (including phenoxy) is 1. The fourth-order valence-electron chi connectivity index (χ4n) is 2.94. The zero-order chi connectivity index (χ0) is 22.5. The summed E-state index contributed by atoms with van der Waals surface area (Å²) in [6, 6.07) is 11.3. The highest BCUT2D eigenvalue weighted by molar-refractivity contribution is 7.22. The van der Waals surface area contributed by atoms with E-state index < -0.39 is 6.04 Å². The number of aromatic nitrogens is 1. The minimum Gasteiger partial charge on any atom is -0.497 e. The van der Waals surface area contributed by atoms with Gasteiger partial charge in [-0.15, -0.1) is 0 Å². The van der Waals surface area contributed by atoms with Crippen LogP contribution in [-0.4, -0.2) is 35.9 Å². The molecule has 0 radical (unpaired) electrons. The summed E-state index contributed by atoms with van der Waals surface area (Å²) >= 11 is 1.29. The number of thiazole rings is 1. The normalized spacial score (nSPS) is 11.8. The Labute approximate surface area is 184 Å². The van der Waals surface area contributed by atoms with Crippen molar-refractivity contribution >= 4 is 50.1 Å². The van der Waals surface area contributed by atoms with Crippen molar-refractivity contribution in [1.82, 2.24) is 10.3 Å². The summed E-state index contributed by atoms with van der Waals surface area (Å²) in [6.07, 6.45) is 0. The number of rotatable bonds is 7. The van der Waals surface area contributed by atoms with E-state index in [4.69, 9.17) is 4.74 Å². The highest BCUT2D eigenvalue weighted by Gasteiger charge is 2.25. The molecule has 1 heterocycles. The van der Waals surface area contributed by atoms with E-state index in [0.717, 1.165) is 4.70 Å². The molecule has 0 aliphatic heterocycles. The molecule has 3 rings (SSSR count). The Morgan fingerprint density at radius 3 is 2.35 bits per heavy atom. The number of hydrogen-bond donors (Lipinski definition) is 3. The molecule has 3 aromatic rings. The van der Waals surface area contributed by atoms with Crippen LogP contribution in [0.1, 0.15) is 31.1 Å². The first-order valence-electron chi connectivity index (χ1n) is 9.70. The number of benzene rings is 2. The first kappa shape index (κ1) is 22.2. The standard InChI is InChI=1S/C22H24N4O4S/c1-12(2)19(25-20(28)14-5-8-16(30-4)9-6-14)21(29)26-22-24-17-10-7-15(23-13(3)27)11-18(17)31-22/h5-12,19H,1-4H3,(H,23,27)(H,25,28)(H,24,26,29). The second kappa shape index (κ2) is 9.57. The van der Waals surface area contributed by atoms with E-state index in [1.807, 2.05) is 13.8 Å². The van der Waals surface area contributed by atoms with Gasteiger partial charge in [0.25, 0.3) is 5.91 Å². The van der Waals surface area contributed by atoms with Gasteiger partial charge in [0.2, 0.25) is 11.8 Å². The molecule has 31 heavy (non-hydrogen) atoms. The van der Waals surface area contributed by atoms with Crippen molar-refractivity contribution in [3.05, 3.63) is 48.0 Å². The smallest absolute Gasteiger partial charge is 0.251 e. The molecule has 8 nitrogen and oxygen atoms in total. The fraction of sp³-hybridized carbons (Fsp3) is 0.273. The number of anilines is 2. The molecule has 0 aliphatic rings. The molecular formula is C22H24N4O4S. The number of carbonyl (C=O) groups is 3. The van der Waals surface area contributed by atoms with E-state index in [1.54, 1.807) is 49.6 Å². The lowest BCUT2D eigenvalue weighted by Crippen LogP contribution is -2.47. The van der Waals surface area contributed by atoms with Gasteiger partial charge in [-0.1, -0.05) is 25.2 Å². The van der Waals surface area contributed by atoms with Crippen molar-refractivity contribution in [1.29, 1.82) is 0 Å². The monoisotopic (exact) mass is 440 g/mol. The Morgan fingerprint density at radius 1 is 1.03 bits per heavy atom. The predicted molar refractivity (Wildman–Crippen MR) is 122 cm³/mol. The summed E-state index contributed by atoms with van der Waals surface area (Å²) in [5.41, 5.74) is 1.80. The third kappa shape index (κ3) is 5.58. The minimum absolute atomic E-state index is 0.136. The van der Waals surface area contributed by atoms with Crippen molar-refractivity contribution in [2.75, 3.05) is 17.7 Å². The maximum Gasteiger partial charge on any atom is 0.251 e. The largest absolute Gasteiger partial charge is 0.497 e. The van der Waals surface area contributed by atoms with Gasteiger partial charge in [0, 0.05) is 18.2 Å². The molecule has 0 bridgehead atoms. The van der Waals surface area contributed by atoms with Gasteiger partial charge in [0.15, 0.2) is 5.13 Å². The maximum atomic E-state index is 12.9. The first-order valence-corrected chi connectivity index (χ1v) is 10.5. The molecule has 0 spiro atoms. The summed E-state index contributed by atoms with van der Waals surface area (Å²) in [6.45, 7) is 5.15. The van der Waals surface area contributed by atoms with Crippen LogP contribution in [0.15, 0.2) is 42.5 Å². The maximum absolute atomic E-state index is 12.9. The SMILES string of the molecule is COc1ccc(C(=O)NC(C(=O)Nc2nc3ccc(NC(C)=O)cc3s2)C(C)C)cc1. The Hall–Kier alpha value is -3.46. The van der Waals surface area contributed by atoms with Crippen molar-refractivity contribution in [3.63, 3.8) is 0 Å². The Balaban J connectivity index is 1.72. The third-order valence-electron chi connectivity index (χ3n) is 4.53. The van der Waals surface area contributed by atoms with Crippen LogP contribution in [0.4, 0.5) is 10.8 Å².